The van der Waals surface area contributed by atoms with Crippen LogP contribution in [0.1, 0.15) is 44.3 Å². The first-order valence-corrected chi connectivity index (χ1v) is 11.0. The van der Waals surface area contributed by atoms with Crippen LogP contribution >= 0.6 is 0 Å². The van der Waals surface area contributed by atoms with E-state index in [0.29, 0.717) is 23.4 Å². The van der Waals surface area contributed by atoms with E-state index in [9.17, 15) is 9.59 Å². The van der Waals surface area contributed by atoms with Crippen molar-refractivity contribution < 1.29 is 14.3 Å². The van der Waals surface area contributed by atoms with Crippen LogP contribution in [0.15, 0.2) is 66.7 Å². The van der Waals surface area contributed by atoms with Gasteiger partial charge in [-0.3, -0.25) is 9.59 Å². The SMILES string of the molecule is COc1ccc2c(c1)C(N(C)C)CCN2C(=O)c1ccc(NC(=O)c2ccccc2C)cc1. The van der Waals surface area contributed by atoms with E-state index in [4.69, 9.17) is 4.74 Å². The zero-order valence-electron chi connectivity index (χ0n) is 19.5. The molecule has 1 N–H and O–H groups in total. The molecule has 1 aliphatic heterocycles. The number of fused-ring (bicyclic) bond motifs is 1. The molecule has 6 heteroatoms. The molecule has 0 saturated carbocycles. The highest BCUT2D eigenvalue weighted by atomic mass is 16.5. The summed E-state index contributed by atoms with van der Waals surface area (Å²) in [4.78, 5) is 30.0. The number of rotatable bonds is 5. The highest BCUT2D eigenvalue weighted by molar-refractivity contribution is 6.08. The van der Waals surface area contributed by atoms with Crippen LogP contribution in [0.2, 0.25) is 0 Å². The van der Waals surface area contributed by atoms with Crippen molar-refractivity contribution in [1.82, 2.24) is 4.90 Å². The highest BCUT2D eigenvalue weighted by Crippen LogP contribution is 2.39. The van der Waals surface area contributed by atoms with Crippen LogP contribution < -0.4 is 15.0 Å². The average Bonchev–Trinajstić information content (AvgIpc) is 2.83. The first kappa shape index (κ1) is 22.6. The second-order valence-electron chi connectivity index (χ2n) is 8.50. The Labute approximate surface area is 194 Å². The Hall–Kier alpha value is -3.64. The van der Waals surface area contributed by atoms with E-state index < -0.39 is 0 Å². The third-order valence-corrected chi connectivity index (χ3v) is 6.16. The van der Waals surface area contributed by atoms with Crippen LogP contribution in [-0.4, -0.2) is 44.5 Å². The number of nitrogens with one attached hydrogen (secondary N) is 1. The average molecular weight is 444 g/mol. The van der Waals surface area contributed by atoms with E-state index in [1.54, 1.807) is 37.4 Å². The standard InChI is InChI=1S/C27H29N3O3/c1-18-7-5-6-8-22(18)26(31)28-20-11-9-19(10-12-20)27(32)30-16-15-24(29(2)3)23-17-21(33-4)13-14-25(23)30/h5-14,17,24H,15-16H2,1-4H3,(H,28,31). The number of aryl methyl sites for hydroxylation is 1. The molecular weight excluding hydrogens is 414 g/mol. The van der Waals surface area contributed by atoms with Crippen LogP contribution in [0.25, 0.3) is 0 Å². The van der Waals surface area contributed by atoms with Crippen LogP contribution in [0.3, 0.4) is 0 Å². The van der Waals surface area contributed by atoms with Crippen LogP contribution in [0.4, 0.5) is 11.4 Å². The van der Waals surface area contributed by atoms with Crippen LogP contribution in [-0.2, 0) is 0 Å². The third-order valence-electron chi connectivity index (χ3n) is 6.16. The van der Waals surface area contributed by atoms with Crippen molar-refractivity contribution in [2.75, 3.05) is 38.0 Å². The first-order chi connectivity index (χ1) is 15.9. The molecule has 1 heterocycles. The van der Waals surface area contributed by atoms with Crippen LogP contribution in [0.5, 0.6) is 5.75 Å². The van der Waals surface area contributed by atoms with Gasteiger partial charge in [-0.25, -0.2) is 0 Å². The molecule has 4 rings (SSSR count). The molecule has 0 aromatic heterocycles. The van der Waals surface area contributed by atoms with Gasteiger partial charge in [-0.1, -0.05) is 18.2 Å². The fourth-order valence-electron chi connectivity index (χ4n) is 4.33. The summed E-state index contributed by atoms with van der Waals surface area (Å²) in [6, 6.07) is 20.6. The molecule has 2 amide bonds. The maximum absolute atomic E-state index is 13.4. The summed E-state index contributed by atoms with van der Waals surface area (Å²) in [5.74, 6) is 0.555. The summed E-state index contributed by atoms with van der Waals surface area (Å²) >= 11 is 0. The molecule has 3 aromatic carbocycles. The Morgan fingerprint density at radius 3 is 2.42 bits per heavy atom. The number of nitrogens with zero attached hydrogens (tertiary/aromatic N) is 2. The number of hydrogen-bond donors (Lipinski definition) is 1. The van der Waals surface area contributed by atoms with E-state index in [0.717, 1.165) is 29.0 Å². The van der Waals surface area contributed by atoms with E-state index in [-0.39, 0.29) is 17.9 Å². The lowest BCUT2D eigenvalue weighted by Gasteiger charge is -2.37. The fraction of sp³-hybridized carbons (Fsp3) is 0.259. The van der Waals surface area contributed by atoms with E-state index >= 15 is 0 Å². The zero-order chi connectivity index (χ0) is 23.5. The largest absolute Gasteiger partial charge is 0.497 e. The monoisotopic (exact) mass is 443 g/mol. The van der Waals surface area contributed by atoms with Gasteiger partial charge in [-0.15, -0.1) is 0 Å². The molecule has 6 nitrogen and oxygen atoms in total. The fourth-order valence-corrected chi connectivity index (χ4v) is 4.33. The van der Waals surface area contributed by atoms with Crippen molar-refractivity contribution in [3.8, 4) is 5.75 Å². The molecule has 0 radical (unpaired) electrons. The molecule has 0 saturated heterocycles. The van der Waals surface area contributed by atoms with Gasteiger partial charge in [-0.05, 0) is 87.1 Å². The third kappa shape index (κ3) is 4.61. The molecule has 1 aliphatic rings. The number of amides is 2. The van der Waals surface area contributed by atoms with Crippen molar-refractivity contribution in [2.45, 2.75) is 19.4 Å². The van der Waals surface area contributed by atoms with E-state index in [1.807, 2.05) is 48.2 Å². The van der Waals surface area contributed by atoms with E-state index in [1.165, 1.54) is 0 Å². The van der Waals surface area contributed by atoms with Crippen molar-refractivity contribution in [3.05, 3.63) is 89.0 Å². The van der Waals surface area contributed by atoms with Crippen molar-refractivity contribution in [3.63, 3.8) is 0 Å². The number of ether oxygens (including phenoxy) is 1. The van der Waals surface area contributed by atoms with Crippen molar-refractivity contribution >= 4 is 23.2 Å². The maximum Gasteiger partial charge on any atom is 0.258 e. The van der Waals surface area contributed by atoms with Gasteiger partial charge in [0.25, 0.3) is 11.8 Å². The summed E-state index contributed by atoms with van der Waals surface area (Å²) in [6.07, 6.45) is 0.837. The summed E-state index contributed by atoms with van der Waals surface area (Å²) in [7, 11) is 5.75. The van der Waals surface area contributed by atoms with Gasteiger partial charge >= 0.3 is 0 Å². The minimum Gasteiger partial charge on any atom is -0.497 e. The molecule has 3 aromatic rings. The van der Waals surface area contributed by atoms with Gasteiger partial charge in [-0.2, -0.15) is 0 Å². The Morgan fingerprint density at radius 1 is 1.03 bits per heavy atom. The van der Waals surface area contributed by atoms with Gasteiger partial charge < -0.3 is 19.9 Å². The van der Waals surface area contributed by atoms with Gasteiger partial charge in [0.05, 0.1) is 7.11 Å². The number of carbonyl (C=O) groups excluding carboxylic acids is 2. The molecule has 170 valence electrons. The zero-order valence-corrected chi connectivity index (χ0v) is 19.5. The smallest absolute Gasteiger partial charge is 0.258 e. The Bertz CT molecular complexity index is 1170. The topological polar surface area (TPSA) is 61.9 Å². The van der Waals surface area contributed by atoms with Crippen molar-refractivity contribution in [1.29, 1.82) is 0 Å². The normalized spacial score (nSPS) is 15.2. The molecule has 0 aliphatic carbocycles. The Balaban J connectivity index is 1.54. The molecule has 33 heavy (non-hydrogen) atoms. The Morgan fingerprint density at radius 2 is 1.76 bits per heavy atom. The number of methoxy groups -OCH3 is 1. The molecule has 0 bridgehead atoms. The number of anilines is 2. The Kier molecular flexibility index (Phi) is 6.47. The quantitative estimate of drug-likeness (QED) is 0.609. The summed E-state index contributed by atoms with van der Waals surface area (Å²) < 4.78 is 5.42. The predicted molar refractivity (Wildman–Crippen MR) is 131 cm³/mol. The first-order valence-electron chi connectivity index (χ1n) is 11.0. The highest BCUT2D eigenvalue weighted by Gasteiger charge is 2.30. The minimum absolute atomic E-state index is 0.0598. The minimum atomic E-state index is -0.166. The van der Waals surface area contributed by atoms with Gasteiger partial charge in [0.2, 0.25) is 0 Å². The van der Waals surface area contributed by atoms with Gasteiger partial charge in [0, 0.05) is 35.1 Å². The summed E-state index contributed by atoms with van der Waals surface area (Å²) in [6.45, 7) is 2.54. The molecule has 0 spiro atoms. The van der Waals surface area contributed by atoms with Gasteiger partial charge in [0.15, 0.2) is 0 Å². The maximum atomic E-state index is 13.4. The van der Waals surface area contributed by atoms with Gasteiger partial charge in [0.1, 0.15) is 5.75 Å². The number of benzene rings is 3. The predicted octanol–water partition coefficient (Wildman–Crippen LogP) is 4.91. The number of carbonyl (C=O) groups is 2. The summed E-state index contributed by atoms with van der Waals surface area (Å²) in [5, 5.41) is 2.91. The summed E-state index contributed by atoms with van der Waals surface area (Å²) in [5.41, 5.74) is 4.76. The lowest BCUT2D eigenvalue weighted by atomic mass is 9.94. The second-order valence-corrected chi connectivity index (χ2v) is 8.50. The van der Waals surface area contributed by atoms with E-state index in [2.05, 4.69) is 24.3 Å². The molecule has 1 atom stereocenters. The lowest BCUT2D eigenvalue weighted by molar-refractivity contribution is 0.0979. The van der Waals surface area contributed by atoms with Crippen LogP contribution in [0, 0.1) is 6.92 Å². The molecule has 1 unspecified atom stereocenters. The lowest BCUT2D eigenvalue weighted by Crippen LogP contribution is -2.39. The molecule has 0 fully saturated rings. The number of hydrogen-bond acceptors (Lipinski definition) is 4. The van der Waals surface area contributed by atoms with Crippen molar-refractivity contribution in [2.24, 2.45) is 0 Å². The second kappa shape index (κ2) is 9.46. The molecular formula is C27H29N3O3.